The Balaban J connectivity index is 1.57. The van der Waals surface area contributed by atoms with Gasteiger partial charge in [-0.3, -0.25) is 9.89 Å². The summed E-state index contributed by atoms with van der Waals surface area (Å²) in [5, 5.41) is 9.94. The summed E-state index contributed by atoms with van der Waals surface area (Å²) in [7, 11) is 0. The Labute approximate surface area is 147 Å². The number of anilines is 1. The van der Waals surface area contributed by atoms with Gasteiger partial charge in [0.2, 0.25) is 5.91 Å². The van der Waals surface area contributed by atoms with Gasteiger partial charge in [-0.1, -0.05) is 48.9 Å². The predicted molar refractivity (Wildman–Crippen MR) is 98.5 cm³/mol. The molecule has 0 aliphatic carbocycles. The number of benzene rings is 2. The number of aromatic nitrogens is 3. The molecule has 0 spiro atoms. The molecule has 0 atom stereocenters. The zero-order valence-corrected chi connectivity index (χ0v) is 14.5. The van der Waals surface area contributed by atoms with Crippen LogP contribution in [-0.2, 0) is 24.1 Å². The van der Waals surface area contributed by atoms with Crippen molar-refractivity contribution in [3.05, 3.63) is 76.9 Å². The minimum absolute atomic E-state index is 0.120. The van der Waals surface area contributed by atoms with Crippen LogP contribution >= 0.6 is 0 Å². The van der Waals surface area contributed by atoms with E-state index in [1.165, 1.54) is 16.7 Å². The second kappa shape index (κ2) is 7.75. The smallest absolute Gasteiger partial charge is 0.232 e. The van der Waals surface area contributed by atoms with E-state index in [0.717, 1.165) is 17.9 Å². The minimum Gasteiger partial charge on any atom is -0.326 e. The maximum absolute atomic E-state index is 12.1. The van der Waals surface area contributed by atoms with Gasteiger partial charge in [0.05, 0.1) is 6.42 Å². The van der Waals surface area contributed by atoms with E-state index in [-0.39, 0.29) is 12.3 Å². The zero-order valence-electron chi connectivity index (χ0n) is 14.5. The Morgan fingerprint density at radius 2 is 1.92 bits per heavy atom. The van der Waals surface area contributed by atoms with E-state index >= 15 is 0 Å². The molecule has 0 aliphatic heterocycles. The quantitative estimate of drug-likeness (QED) is 0.725. The molecule has 0 bridgehead atoms. The molecule has 3 aromatic rings. The standard InChI is InChI=1S/C20H22N4O/c1-3-15-7-9-17(10-8-15)21-20(25)13-19-22-18(23-24-19)12-16-6-4-5-14(2)11-16/h4-11H,3,12-13H2,1-2H3,(H,21,25)(H,22,23,24). The van der Waals surface area contributed by atoms with Crippen molar-refractivity contribution < 1.29 is 4.79 Å². The molecule has 0 radical (unpaired) electrons. The predicted octanol–water partition coefficient (Wildman–Crippen LogP) is 3.45. The molecule has 0 unspecified atom stereocenters. The fraction of sp³-hybridized carbons (Fsp3) is 0.250. The summed E-state index contributed by atoms with van der Waals surface area (Å²) in [6, 6.07) is 16.1. The number of hydrogen-bond acceptors (Lipinski definition) is 3. The number of amides is 1. The third kappa shape index (κ3) is 4.76. The molecule has 1 amide bonds. The van der Waals surface area contributed by atoms with Crippen LogP contribution in [0.4, 0.5) is 5.69 Å². The van der Waals surface area contributed by atoms with Crippen molar-refractivity contribution in [2.24, 2.45) is 0 Å². The molecule has 0 saturated heterocycles. The highest BCUT2D eigenvalue weighted by atomic mass is 16.1. The number of nitrogens with one attached hydrogen (secondary N) is 2. The van der Waals surface area contributed by atoms with Gasteiger partial charge in [0.15, 0.2) is 5.82 Å². The first-order valence-corrected chi connectivity index (χ1v) is 8.47. The van der Waals surface area contributed by atoms with Gasteiger partial charge in [0, 0.05) is 12.1 Å². The first kappa shape index (κ1) is 16.9. The van der Waals surface area contributed by atoms with Crippen LogP contribution < -0.4 is 5.32 Å². The first-order valence-electron chi connectivity index (χ1n) is 8.47. The Bertz CT molecular complexity index is 852. The molecule has 5 nitrogen and oxygen atoms in total. The lowest BCUT2D eigenvalue weighted by Gasteiger charge is -2.04. The van der Waals surface area contributed by atoms with Crippen LogP contribution in [0.5, 0.6) is 0 Å². The Morgan fingerprint density at radius 3 is 2.64 bits per heavy atom. The molecule has 128 valence electrons. The highest BCUT2D eigenvalue weighted by Gasteiger charge is 2.10. The van der Waals surface area contributed by atoms with Gasteiger partial charge in [0.25, 0.3) is 0 Å². The summed E-state index contributed by atoms with van der Waals surface area (Å²) >= 11 is 0. The third-order valence-electron chi connectivity index (χ3n) is 4.00. The normalized spacial score (nSPS) is 10.6. The van der Waals surface area contributed by atoms with Gasteiger partial charge in [-0.05, 0) is 36.6 Å². The van der Waals surface area contributed by atoms with Gasteiger partial charge >= 0.3 is 0 Å². The average Bonchev–Trinajstić information content (AvgIpc) is 3.02. The lowest BCUT2D eigenvalue weighted by molar-refractivity contribution is -0.115. The van der Waals surface area contributed by atoms with Gasteiger partial charge < -0.3 is 5.32 Å². The fourth-order valence-electron chi connectivity index (χ4n) is 2.68. The molecule has 1 heterocycles. The second-order valence-electron chi connectivity index (χ2n) is 6.14. The molecule has 2 N–H and O–H groups in total. The summed E-state index contributed by atoms with van der Waals surface area (Å²) in [6.45, 7) is 4.16. The number of aromatic amines is 1. The topological polar surface area (TPSA) is 70.7 Å². The molecule has 0 aliphatic rings. The van der Waals surface area contributed by atoms with Gasteiger partial charge in [-0.2, -0.15) is 5.10 Å². The van der Waals surface area contributed by atoms with Crippen molar-refractivity contribution in [2.45, 2.75) is 33.1 Å². The second-order valence-corrected chi connectivity index (χ2v) is 6.14. The largest absolute Gasteiger partial charge is 0.326 e. The van der Waals surface area contributed by atoms with E-state index in [1.54, 1.807) is 0 Å². The van der Waals surface area contributed by atoms with Crippen molar-refractivity contribution in [1.29, 1.82) is 0 Å². The van der Waals surface area contributed by atoms with E-state index in [1.807, 2.05) is 30.3 Å². The summed E-state index contributed by atoms with van der Waals surface area (Å²) in [6.07, 6.45) is 1.81. The molecular weight excluding hydrogens is 312 g/mol. The van der Waals surface area contributed by atoms with Crippen LogP contribution in [0.25, 0.3) is 0 Å². The van der Waals surface area contributed by atoms with E-state index in [2.05, 4.69) is 52.5 Å². The number of carbonyl (C=O) groups excluding carboxylic acids is 1. The van der Waals surface area contributed by atoms with E-state index in [4.69, 9.17) is 0 Å². The molecule has 1 aromatic heterocycles. The van der Waals surface area contributed by atoms with Crippen molar-refractivity contribution in [3.63, 3.8) is 0 Å². The van der Waals surface area contributed by atoms with Crippen LogP contribution in [0.15, 0.2) is 48.5 Å². The van der Waals surface area contributed by atoms with Gasteiger partial charge in [-0.15, -0.1) is 0 Å². The van der Waals surface area contributed by atoms with Crippen molar-refractivity contribution in [3.8, 4) is 0 Å². The van der Waals surface area contributed by atoms with E-state index in [0.29, 0.717) is 12.2 Å². The molecule has 2 aromatic carbocycles. The maximum Gasteiger partial charge on any atom is 0.232 e. The number of rotatable bonds is 6. The number of nitrogens with zero attached hydrogens (tertiary/aromatic N) is 2. The molecular formula is C20H22N4O. The summed E-state index contributed by atoms with van der Waals surface area (Å²) in [5.41, 5.74) is 4.42. The van der Waals surface area contributed by atoms with Crippen LogP contribution in [0.2, 0.25) is 0 Å². The van der Waals surface area contributed by atoms with Crippen molar-refractivity contribution in [2.75, 3.05) is 5.32 Å². The average molecular weight is 334 g/mol. The van der Waals surface area contributed by atoms with Crippen molar-refractivity contribution in [1.82, 2.24) is 15.2 Å². The maximum atomic E-state index is 12.1. The fourth-order valence-corrected chi connectivity index (χ4v) is 2.68. The van der Waals surface area contributed by atoms with Crippen molar-refractivity contribution >= 4 is 11.6 Å². The van der Waals surface area contributed by atoms with Crippen LogP contribution in [0, 0.1) is 6.92 Å². The lowest BCUT2D eigenvalue weighted by Crippen LogP contribution is -2.15. The summed E-state index contributed by atoms with van der Waals surface area (Å²) < 4.78 is 0. The minimum atomic E-state index is -0.120. The van der Waals surface area contributed by atoms with Crippen LogP contribution in [-0.4, -0.2) is 21.1 Å². The SMILES string of the molecule is CCc1ccc(NC(=O)Cc2n[nH]c(Cc3cccc(C)c3)n2)cc1. The molecule has 0 fully saturated rings. The van der Waals surface area contributed by atoms with Gasteiger partial charge in [-0.25, -0.2) is 4.98 Å². The Kier molecular flexibility index (Phi) is 5.23. The molecule has 0 saturated carbocycles. The monoisotopic (exact) mass is 334 g/mol. The Hall–Kier alpha value is -2.95. The Morgan fingerprint density at radius 1 is 1.12 bits per heavy atom. The molecule has 3 rings (SSSR count). The third-order valence-corrected chi connectivity index (χ3v) is 4.00. The number of H-pyrrole nitrogens is 1. The van der Waals surface area contributed by atoms with Gasteiger partial charge in [0.1, 0.15) is 5.82 Å². The number of carbonyl (C=O) groups is 1. The van der Waals surface area contributed by atoms with E-state index in [9.17, 15) is 4.79 Å². The van der Waals surface area contributed by atoms with Crippen LogP contribution in [0.3, 0.4) is 0 Å². The number of hydrogen-bond donors (Lipinski definition) is 2. The summed E-state index contributed by atoms with van der Waals surface area (Å²) in [5.74, 6) is 1.15. The van der Waals surface area contributed by atoms with E-state index < -0.39 is 0 Å². The first-order chi connectivity index (χ1) is 12.1. The molecule has 5 heteroatoms. The summed E-state index contributed by atoms with van der Waals surface area (Å²) in [4.78, 5) is 16.6. The highest BCUT2D eigenvalue weighted by molar-refractivity contribution is 5.91. The van der Waals surface area contributed by atoms with Crippen LogP contribution in [0.1, 0.15) is 35.3 Å². The number of aryl methyl sites for hydroxylation is 2. The lowest BCUT2D eigenvalue weighted by atomic mass is 10.1. The zero-order chi connectivity index (χ0) is 17.6. The molecule has 25 heavy (non-hydrogen) atoms. The highest BCUT2D eigenvalue weighted by Crippen LogP contribution is 2.11.